The number of aliphatic imine (C=N–C) groups is 1. The summed E-state index contributed by atoms with van der Waals surface area (Å²) in [5.74, 6) is 1.48. The highest BCUT2D eigenvalue weighted by Gasteiger charge is 2.13. The van der Waals surface area contributed by atoms with Crippen molar-refractivity contribution in [1.82, 2.24) is 14.8 Å². The Labute approximate surface area is 144 Å². The number of halogens is 1. The maximum absolute atomic E-state index is 6.21. The van der Waals surface area contributed by atoms with Gasteiger partial charge in [-0.15, -0.1) is 10.2 Å². The van der Waals surface area contributed by atoms with Crippen LogP contribution in [0.15, 0.2) is 47.7 Å². The van der Waals surface area contributed by atoms with Crippen LogP contribution < -0.4 is 4.74 Å². The molecule has 2 heterocycles. The van der Waals surface area contributed by atoms with Crippen LogP contribution in [0.5, 0.6) is 5.75 Å². The summed E-state index contributed by atoms with van der Waals surface area (Å²) in [6, 6.07) is 12.0. The molecule has 120 valence electrons. The van der Waals surface area contributed by atoms with E-state index in [-0.39, 0.29) is 0 Å². The maximum Gasteiger partial charge on any atom is 0.164 e. The van der Waals surface area contributed by atoms with Gasteiger partial charge >= 0.3 is 0 Å². The van der Waals surface area contributed by atoms with Gasteiger partial charge in [0.25, 0.3) is 0 Å². The number of aromatic nitrogens is 3. The molecule has 0 unspecified atom stereocenters. The van der Waals surface area contributed by atoms with Crippen molar-refractivity contribution in [3.63, 3.8) is 0 Å². The van der Waals surface area contributed by atoms with Gasteiger partial charge in [0.05, 0.1) is 24.4 Å². The molecule has 1 aromatic heterocycles. The molecule has 0 spiro atoms. The van der Waals surface area contributed by atoms with Gasteiger partial charge in [0.1, 0.15) is 12.1 Å². The van der Waals surface area contributed by atoms with Gasteiger partial charge in [-0.3, -0.25) is 4.99 Å². The van der Waals surface area contributed by atoms with Crippen LogP contribution in [-0.4, -0.2) is 28.1 Å². The molecule has 0 atom stereocenters. The fraction of sp³-hybridized carbons (Fsp3) is 0.167. The molecule has 0 amide bonds. The Hall–Kier alpha value is -2.66. The lowest BCUT2D eigenvalue weighted by atomic mass is 10.1. The molecule has 0 saturated carbocycles. The standard InChI is InChI=1S/C18H15ClN4O/c1-24-17-5-2-12(8-15(17)19)10-23-11-21-22-18(23)14-4-3-13-6-7-20-16(13)9-14/h2-5,7-9,11H,6,10H2,1H3. The SMILES string of the molecule is COc1ccc(Cn2cnnc2-c2ccc3c(c2)N=CC3)cc1Cl. The van der Waals surface area contributed by atoms with Crippen LogP contribution in [0.4, 0.5) is 5.69 Å². The third kappa shape index (κ3) is 2.67. The Balaban J connectivity index is 1.65. The van der Waals surface area contributed by atoms with Crippen LogP contribution >= 0.6 is 11.6 Å². The predicted octanol–water partition coefficient (Wildman–Crippen LogP) is 3.91. The van der Waals surface area contributed by atoms with Crippen LogP contribution in [0.3, 0.4) is 0 Å². The van der Waals surface area contributed by atoms with E-state index in [0.29, 0.717) is 17.3 Å². The molecule has 5 nitrogen and oxygen atoms in total. The maximum atomic E-state index is 6.21. The Morgan fingerprint density at radius 2 is 2.12 bits per heavy atom. The van der Waals surface area contributed by atoms with Crippen LogP contribution in [0.2, 0.25) is 5.02 Å². The highest BCUT2D eigenvalue weighted by molar-refractivity contribution is 6.32. The lowest BCUT2D eigenvalue weighted by molar-refractivity contribution is 0.415. The number of benzene rings is 2. The molecule has 0 fully saturated rings. The first-order chi connectivity index (χ1) is 11.7. The normalized spacial score (nSPS) is 12.4. The summed E-state index contributed by atoms with van der Waals surface area (Å²) >= 11 is 6.21. The van der Waals surface area contributed by atoms with E-state index in [1.807, 2.05) is 29.0 Å². The van der Waals surface area contributed by atoms with Gasteiger partial charge in [0.2, 0.25) is 0 Å². The lowest BCUT2D eigenvalue weighted by Gasteiger charge is -2.09. The average molecular weight is 339 g/mol. The third-order valence-electron chi connectivity index (χ3n) is 4.07. The quantitative estimate of drug-likeness (QED) is 0.724. The molecule has 6 heteroatoms. The molecule has 1 aliphatic heterocycles. The van der Waals surface area contributed by atoms with Gasteiger partial charge in [0, 0.05) is 18.2 Å². The van der Waals surface area contributed by atoms with Crippen molar-refractivity contribution in [2.45, 2.75) is 13.0 Å². The summed E-state index contributed by atoms with van der Waals surface area (Å²) < 4.78 is 7.19. The fourth-order valence-corrected chi connectivity index (χ4v) is 3.12. The highest BCUT2D eigenvalue weighted by Crippen LogP contribution is 2.30. The minimum Gasteiger partial charge on any atom is -0.495 e. The molecule has 4 rings (SSSR count). The molecule has 1 aliphatic rings. The number of rotatable bonds is 4. The molecule has 24 heavy (non-hydrogen) atoms. The predicted molar refractivity (Wildman–Crippen MR) is 94.4 cm³/mol. The third-order valence-corrected chi connectivity index (χ3v) is 4.37. The van der Waals surface area contributed by atoms with Crippen LogP contribution in [-0.2, 0) is 13.0 Å². The summed E-state index contributed by atoms with van der Waals surface area (Å²) in [6.45, 7) is 0.631. The van der Waals surface area contributed by atoms with Gasteiger partial charge in [-0.1, -0.05) is 29.8 Å². The van der Waals surface area contributed by atoms with Gasteiger partial charge < -0.3 is 9.30 Å². The number of methoxy groups -OCH3 is 1. The second kappa shape index (κ2) is 6.09. The van der Waals surface area contributed by atoms with Gasteiger partial charge in [-0.05, 0) is 29.3 Å². The number of hydrogen-bond acceptors (Lipinski definition) is 4. The second-order valence-electron chi connectivity index (χ2n) is 5.61. The van der Waals surface area contributed by atoms with E-state index in [1.54, 1.807) is 13.4 Å². The lowest BCUT2D eigenvalue weighted by Crippen LogP contribution is -2.01. The first-order valence-corrected chi connectivity index (χ1v) is 7.98. The average Bonchev–Trinajstić information content (AvgIpc) is 3.23. The van der Waals surface area contributed by atoms with E-state index in [2.05, 4.69) is 33.4 Å². The van der Waals surface area contributed by atoms with E-state index in [9.17, 15) is 0 Å². The van der Waals surface area contributed by atoms with Crippen molar-refractivity contribution < 1.29 is 4.74 Å². The van der Waals surface area contributed by atoms with Gasteiger partial charge in [-0.2, -0.15) is 0 Å². The Morgan fingerprint density at radius 3 is 2.96 bits per heavy atom. The number of hydrogen-bond donors (Lipinski definition) is 0. The number of fused-ring (bicyclic) bond motifs is 1. The zero-order valence-corrected chi connectivity index (χ0v) is 13.9. The van der Waals surface area contributed by atoms with Crippen molar-refractivity contribution in [2.75, 3.05) is 7.11 Å². The fourth-order valence-electron chi connectivity index (χ4n) is 2.84. The smallest absolute Gasteiger partial charge is 0.164 e. The molecular weight excluding hydrogens is 324 g/mol. The first-order valence-electron chi connectivity index (χ1n) is 7.60. The Bertz CT molecular complexity index is 933. The minimum absolute atomic E-state index is 0.594. The molecule has 0 saturated heterocycles. The zero-order chi connectivity index (χ0) is 16.5. The van der Waals surface area contributed by atoms with Crippen molar-refractivity contribution in [3.05, 3.63) is 58.9 Å². The van der Waals surface area contributed by atoms with E-state index < -0.39 is 0 Å². The zero-order valence-electron chi connectivity index (χ0n) is 13.1. The van der Waals surface area contributed by atoms with E-state index in [1.165, 1.54) is 5.56 Å². The molecule has 2 aromatic carbocycles. The Morgan fingerprint density at radius 1 is 1.21 bits per heavy atom. The van der Waals surface area contributed by atoms with Crippen LogP contribution in [0, 0.1) is 0 Å². The molecule has 3 aromatic rings. The van der Waals surface area contributed by atoms with Crippen molar-refractivity contribution in [1.29, 1.82) is 0 Å². The van der Waals surface area contributed by atoms with Crippen molar-refractivity contribution >= 4 is 23.5 Å². The topological polar surface area (TPSA) is 52.3 Å². The first kappa shape index (κ1) is 14.9. The Kier molecular flexibility index (Phi) is 3.78. The summed E-state index contributed by atoms with van der Waals surface area (Å²) in [7, 11) is 1.61. The second-order valence-corrected chi connectivity index (χ2v) is 6.02. The van der Waals surface area contributed by atoms with E-state index >= 15 is 0 Å². The molecule has 0 aliphatic carbocycles. The number of ether oxygens (including phenoxy) is 1. The van der Waals surface area contributed by atoms with Gasteiger partial charge in [-0.25, -0.2) is 0 Å². The molecular formula is C18H15ClN4O. The van der Waals surface area contributed by atoms with E-state index in [4.69, 9.17) is 16.3 Å². The summed E-state index contributed by atoms with van der Waals surface area (Å²) in [4.78, 5) is 4.40. The summed E-state index contributed by atoms with van der Waals surface area (Å²) in [5.41, 5.74) is 4.31. The van der Waals surface area contributed by atoms with Crippen molar-refractivity contribution in [2.24, 2.45) is 4.99 Å². The summed E-state index contributed by atoms with van der Waals surface area (Å²) in [6.07, 6.45) is 4.55. The van der Waals surface area contributed by atoms with Gasteiger partial charge in [0.15, 0.2) is 5.82 Å². The molecule has 0 radical (unpaired) electrons. The summed E-state index contributed by atoms with van der Waals surface area (Å²) in [5, 5.41) is 8.92. The largest absolute Gasteiger partial charge is 0.495 e. The van der Waals surface area contributed by atoms with Crippen LogP contribution in [0.25, 0.3) is 11.4 Å². The minimum atomic E-state index is 0.594. The van der Waals surface area contributed by atoms with Crippen molar-refractivity contribution in [3.8, 4) is 17.1 Å². The highest BCUT2D eigenvalue weighted by atomic mass is 35.5. The number of nitrogens with zero attached hydrogens (tertiary/aromatic N) is 4. The monoisotopic (exact) mass is 338 g/mol. The van der Waals surface area contributed by atoms with Crippen LogP contribution in [0.1, 0.15) is 11.1 Å². The molecule has 0 N–H and O–H groups in total. The van der Waals surface area contributed by atoms with E-state index in [0.717, 1.165) is 29.1 Å². The molecule has 0 bridgehead atoms.